The molecular formula is C18H22N4O. The molecular weight excluding hydrogens is 288 g/mol. The highest BCUT2D eigenvalue weighted by Crippen LogP contribution is 2.22. The van der Waals surface area contributed by atoms with Crippen molar-refractivity contribution in [2.45, 2.75) is 45.1 Å². The predicted molar refractivity (Wildman–Crippen MR) is 91.9 cm³/mol. The van der Waals surface area contributed by atoms with Crippen LogP contribution in [0.3, 0.4) is 0 Å². The molecule has 23 heavy (non-hydrogen) atoms. The summed E-state index contributed by atoms with van der Waals surface area (Å²) in [6, 6.07) is 9.53. The molecule has 2 aromatic rings. The lowest BCUT2D eigenvalue weighted by atomic mass is 10.1. The number of ketones is 1. The predicted octanol–water partition coefficient (Wildman–Crippen LogP) is 3.10. The number of nitrogens with two attached hydrogens (primary N) is 1. The van der Waals surface area contributed by atoms with Crippen molar-refractivity contribution in [2.75, 3.05) is 5.73 Å². The van der Waals surface area contributed by atoms with Gasteiger partial charge in [0.1, 0.15) is 5.82 Å². The summed E-state index contributed by atoms with van der Waals surface area (Å²) in [5.74, 6) is 0.624. The Bertz CT molecular complexity index is 709. The van der Waals surface area contributed by atoms with Crippen LogP contribution in [0.1, 0.15) is 48.5 Å². The third-order valence-electron chi connectivity index (χ3n) is 4.33. The Labute approximate surface area is 136 Å². The van der Waals surface area contributed by atoms with Gasteiger partial charge in [0.25, 0.3) is 0 Å². The monoisotopic (exact) mass is 310 g/mol. The van der Waals surface area contributed by atoms with Crippen LogP contribution in [0.5, 0.6) is 0 Å². The van der Waals surface area contributed by atoms with Gasteiger partial charge in [-0.2, -0.15) is 9.78 Å². The summed E-state index contributed by atoms with van der Waals surface area (Å²) in [6.07, 6.45) is 6.90. The Kier molecular flexibility index (Phi) is 4.55. The molecule has 0 radical (unpaired) electrons. The van der Waals surface area contributed by atoms with E-state index in [9.17, 15) is 4.79 Å². The van der Waals surface area contributed by atoms with Crippen molar-refractivity contribution in [1.82, 2.24) is 9.78 Å². The number of benzene rings is 1. The summed E-state index contributed by atoms with van der Waals surface area (Å²) < 4.78 is 1.45. The van der Waals surface area contributed by atoms with Gasteiger partial charge in [0, 0.05) is 11.6 Å². The molecule has 5 nitrogen and oxygen atoms in total. The molecule has 2 N–H and O–H groups in total. The average molecular weight is 310 g/mol. The quantitative estimate of drug-likeness (QED) is 0.536. The van der Waals surface area contributed by atoms with Crippen LogP contribution in [0.15, 0.2) is 41.5 Å². The Morgan fingerprint density at radius 1 is 1.26 bits per heavy atom. The summed E-state index contributed by atoms with van der Waals surface area (Å²) in [4.78, 5) is 17.6. The van der Waals surface area contributed by atoms with E-state index in [1.165, 1.54) is 10.2 Å². The molecule has 0 atom stereocenters. The van der Waals surface area contributed by atoms with E-state index in [2.05, 4.69) is 17.0 Å². The van der Waals surface area contributed by atoms with Gasteiger partial charge in [0.15, 0.2) is 5.84 Å². The van der Waals surface area contributed by atoms with E-state index < -0.39 is 0 Å². The fraction of sp³-hybridized carbons (Fsp3) is 0.389. The Morgan fingerprint density at radius 3 is 2.52 bits per heavy atom. The highest BCUT2D eigenvalue weighted by molar-refractivity contribution is 6.45. The summed E-state index contributed by atoms with van der Waals surface area (Å²) >= 11 is 0. The number of nitrogens with zero attached hydrogens (tertiary/aromatic N) is 3. The van der Waals surface area contributed by atoms with Crippen LogP contribution in [0.4, 0.5) is 5.82 Å². The minimum atomic E-state index is -0.130. The molecule has 1 aliphatic rings. The topological polar surface area (TPSA) is 73.3 Å². The molecule has 1 heterocycles. The van der Waals surface area contributed by atoms with Crippen LogP contribution >= 0.6 is 0 Å². The molecule has 1 aromatic carbocycles. The second-order valence-corrected chi connectivity index (χ2v) is 5.94. The van der Waals surface area contributed by atoms with E-state index in [-0.39, 0.29) is 11.8 Å². The zero-order chi connectivity index (χ0) is 16.2. The number of carbonyl (C=O) groups is 1. The van der Waals surface area contributed by atoms with Crippen molar-refractivity contribution in [2.24, 2.45) is 4.99 Å². The van der Waals surface area contributed by atoms with E-state index in [0.29, 0.717) is 17.2 Å². The molecule has 0 aliphatic heterocycles. The number of carbonyl (C=O) groups excluding carboxylic acids is 1. The summed E-state index contributed by atoms with van der Waals surface area (Å²) in [5.41, 5.74) is 7.77. The molecule has 5 heteroatoms. The number of aliphatic imine (C=N–C) groups is 1. The second-order valence-electron chi connectivity index (χ2n) is 5.94. The first-order chi connectivity index (χ1) is 11.2. The summed E-state index contributed by atoms with van der Waals surface area (Å²) in [6.45, 7) is 2.09. The number of Topliss-reactive ketones (excluding diaryl/α,β-unsaturated/α-hetero) is 1. The normalized spacial score (nSPS) is 16.0. The van der Waals surface area contributed by atoms with Crippen LogP contribution in [0, 0.1) is 0 Å². The van der Waals surface area contributed by atoms with Gasteiger partial charge < -0.3 is 5.73 Å². The van der Waals surface area contributed by atoms with Gasteiger partial charge in [-0.05, 0) is 24.8 Å². The van der Waals surface area contributed by atoms with Gasteiger partial charge in [-0.15, -0.1) is 0 Å². The van der Waals surface area contributed by atoms with Gasteiger partial charge in [0.05, 0.1) is 12.2 Å². The Balaban J connectivity index is 1.96. The molecule has 1 aromatic heterocycles. The zero-order valence-corrected chi connectivity index (χ0v) is 13.4. The SMILES string of the molecule is CCc1ccc(C(=O)C(=NC2CCCC2)n2nccc2N)cc1. The lowest BCUT2D eigenvalue weighted by molar-refractivity contribution is 0.106. The number of hydrogen-bond acceptors (Lipinski definition) is 4. The van der Waals surface area contributed by atoms with E-state index in [4.69, 9.17) is 5.73 Å². The maximum absolute atomic E-state index is 12.9. The van der Waals surface area contributed by atoms with Crippen molar-refractivity contribution in [3.05, 3.63) is 47.7 Å². The van der Waals surface area contributed by atoms with Crippen molar-refractivity contribution in [1.29, 1.82) is 0 Å². The average Bonchev–Trinajstić information content (AvgIpc) is 3.23. The van der Waals surface area contributed by atoms with Gasteiger partial charge in [0.2, 0.25) is 5.78 Å². The first kappa shape index (κ1) is 15.5. The van der Waals surface area contributed by atoms with Crippen molar-refractivity contribution >= 4 is 17.4 Å². The number of hydrogen-bond donors (Lipinski definition) is 1. The molecule has 0 unspecified atom stereocenters. The van der Waals surface area contributed by atoms with Gasteiger partial charge in [-0.25, -0.2) is 0 Å². The lowest BCUT2D eigenvalue weighted by Gasteiger charge is -2.11. The van der Waals surface area contributed by atoms with Gasteiger partial charge >= 0.3 is 0 Å². The molecule has 0 spiro atoms. The number of nitrogen functional groups attached to an aromatic ring is 1. The van der Waals surface area contributed by atoms with Crippen LogP contribution in [-0.4, -0.2) is 27.4 Å². The second kappa shape index (κ2) is 6.77. The molecule has 3 rings (SSSR count). The third kappa shape index (κ3) is 3.33. The van der Waals surface area contributed by atoms with Gasteiger partial charge in [-0.1, -0.05) is 44.0 Å². The zero-order valence-electron chi connectivity index (χ0n) is 13.4. The molecule has 1 aliphatic carbocycles. The number of rotatable bonds is 4. The number of aryl methyl sites for hydroxylation is 1. The Hall–Kier alpha value is -2.43. The first-order valence-electron chi connectivity index (χ1n) is 8.20. The molecule has 0 saturated heterocycles. The highest BCUT2D eigenvalue weighted by Gasteiger charge is 2.22. The van der Waals surface area contributed by atoms with Crippen LogP contribution in [0.2, 0.25) is 0 Å². The smallest absolute Gasteiger partial charge is 0.229 e. The molecule has 1 saturated carbocycles. The van der Waals surface area contributed by atoms with E-state index >= 15 is 0 Å². The third-order valence-corrected chi connectivity index (χ3v) is 4.33. The molecule has 1 fully saturated rings. The van der Waals surface area contributed by atoms with Crippen LogP contribution in [-0.2, 0) is 6.42 Å². The minimum absolute atomic E-state index is 0.130. The fourth-order valence-corrected chi connectivity index (χ4v) is 2.93. The van der Waals surface area contributed by atoms with Crippen molar-refractivity contribution in [3.63, 3.8) is 0 Å². The Morgan fingerprint density at radius 2 is 1.96 bits per heavy atom. The molecule has 0 bridgehead atoms. The largest absolute Gasteiger partial charge is 0.384 e. The lowest BCUT2D eigenvalue weighted by Crippen LogP contribution is -2.27. The maximum atomic E-state index is 12.9. The minimum Gasteiger partial charge on any atom is -0.384 e. The van der Waals surface area contributed by atoms with Crippen molar-refractivity contribution < 1.29 is 4.79 Å². The van der Waals surface area contributed by atoms with E-state index in [0.717, 1.165) is 32.1 Å². The van der Waals surface area contributed by atoms with Crippen LogP contribution < -0.4 is 5.73 Å². The van der Waals surface area contributed by atoms with E-state index in [1.807, 2.05) is 24.3 Å². The number of anilines is 1. The summed E-state index contributed by atoms with van der Waals surface area (Å²) in [7, 11) is 0. The van der Waals surface area contributed by atoms with Crippen LogP contribution in [0.25, 0.3) is 0 Å². The highest BCUT2D eigenvalue weighted by atomic mass is 16.1. The fourth-order valence-electron chi connectivity index (χ4n) is 2.93. The first-order valence-corrected chi connectivity index (χ1v) is 8.20. The molecule has 120 valence electrons. The number of aromatic nitrogens is 2. The van der Waals surface area contributed by atoms with Crippen molar-refractivity contribution in [3.8, 4) is 0 Å². The van der Waals surface area contributed by atoms with E-state index in [1.54, 1.807) is 12.3 Å². The maximum Gasteiger partial charge on any atom is 0.229 e. The molecule has 0 amide bonds. The summed E-state index contributed by atoms with van der Waals surface area (Å²) in [5, 5.41) is 4.18. The van der Waals surface area contributed by atoms with Gasteiger partial charge in [-0.3, -0.25) is 9.79 Å². The standard InChI is InChI=1S/C18H22N4O/c1-2-13-7-9-14(10-8-13)17(23)18(21-15-5-3-4-6-15)22-16(19)11-12-20-22/h7-12,15H,2-6,19H2,1H3.